The van der Waals surface area contributed by atoms with Crippen molar-refractivity contribution in [1.29, 1.82) is 5.41 Å². The highest BCUT2D eigenvalue weighted by molar-refractivity contribution is 8.26. The number of nitrogens with zero attached hydrogens (tertiary/aromatic N) is 3. The number of thioether (sulfide) groups is 1. The van der Waals surface area contributed by atoms with Gasteiger partial charge in [-0.25, -0.2) is 0 Å². The van der Waals surface area contributed by atoms with Gasteiger partial charge in [-0.05, 0) is 59.8 Å². The predicted octanol–water partition coefficient (Wildman–Crippen LogP) is 6.12. The highest BCUT2D eigenvalue weighted by atomic mass is 35.5. The van der Waals surface area contributed by atoms with Gasteiger partial charge in [-0.1, -0.05) is 47.5 Å². The van der Waals surface area contributed by atoms with Gasteiger partial charge in [0, 0.05) is 17.0 Å². The molecule has 0 aliphatic carbocycles. The normalized spacial score (nSPS) is 16.9. The summed E-state index contributed by atoms with van der Waals surface area (Å²) in [4.78, 5) is 16.7. The summed E-state index contributed by atoms with van der Waals surface area (Å²) in [5, 5.41) is 16.7. The molecule has 1 amide bonds. The van der Waals surface area contributed by atoms with Crippen molar-refractivity contribution in [2.45, 2.75) is 6.42 Å². The molecule has 158 valence electrons. The molecule has 0 saturated carbocycles. The van der Waals surface area contributed by atoms with Crippen LogP contribution in [0.4, 0.5) is 0 Å². The third-order valence-electron chi connectivity index (χ3n) is 4.82. The number of furan rings is 1. The number of hydrogen-bond donors (Lipinski definition) is 1. The lowest BCUT2D eigenvalue weighted by atomic mass is 10.1. The summed E-state index contributed by atoms with van der Waals surface area (Å²) in [6.45, 7) is 0. The number of carbonyl (C=O) groups is 1. The number of halogens is 2. The van der Waals surface area contributed by atoms with Gasteiger partial charge in [0.1, 0.15) is 16.6 Å². The van der Waals surface area contributed by atoms with Gasteiger partial charge in [0.2, 0.25) is 5.17 Å². The van der Waals surface area contributed by atoms with Crippen LogP contribution in [0.15, 0.2) is 80.7 Å². The second kappa shape index (κ2) is 8.43. The number of amides is 1. The van der Waals surface area contributed by atoms with Crippen LogP contribution < -0.4 is 0 Å². The van der Waals surface area contributed by atoms with Gasteiger partial charge in [-0.3, -0.25) is 10.2 Å². The minimum atomic E-state index is -0.507. The number of carbonyl (C=O) groups excluding carboxylic acids is 1. The Kier molecular flexibility index (Phi) is 5.46. The average Bonchev–Trinajstić information content (AvgIpc) is 3.40. The van der Waals surface area contributed by atoms with E-state index in [2.05, 4.69) is 10.1 Å². The topological polar surface area (TPSA) is 82.0 Å². The quantitative estimate of drug-likeness (QED) is 0.456. The number of nitrogens with one attached hydrogen (secondary N) is 1. The molecule has 0 fully saturated rings. The van der Waals surface area contributed by atoms with E-state index in [1.165, 1.54) is 22.8 Å². The zero-order valence-corrected chi connectivity index (χ0v) is 18.7. The smallest absolute Gasteiger partial charge is 0.283 e. The molecule has 1 aromatic heterocycles. The van der Waals surface area contributed by atoms with Gasteiger partial charge in [0.05, 0.1) is 10.6 Å². The first kappa shape index (κ1) is 20.8. The van der Waals surface area contributed by atoms with Crippen molar-refractivity contribution in [2.75, 3.05) is 0 Å². The molecular weight excluding hydrogens is 467 g/mol. The molecule has 3 aromatic rings. The summed E-state index contributed by atoms with van der Waals surface area (Å²) >= 11 is 13.5. The Bertz CT molecular complexity index is 1340. The zero-order valence-electron chi connectivity index (χ0n) is 16.4. The van der Waals surface area contributed by atoms with Crippen molar-refractivity contribution in [2.24, 2.45) is 10.1 Å². The van der Waals surface area contributed by atoms with Crippen LogP contribution in [0.25, 0.3) is 17.4 Å². The molecule has 0 saturated heterocycles. The maximum atomic E-state index is 12.6. The summed E-state index contributed by atoms with van der Waals surface area (Å²) in [5.41, 5.74) is 1.87. The molecule has 0 radical (unpaired) electrons. The first-order valence-corrected chi connectivity index (χ1v) is 11.1. The Morgan fingerprint density at radius 2 is 1.84 bits per heavy atom. The molecule has 2 aromatic carbocycles. The van der Waals surface area contributed by atoms with Crippen LogP contribution in [-0.2, 0) is 11.2 Å². The number of hydrogen-bond acceptors (Lipinski definition) is 5. The molecular formula is C23H14Cl2N4O2S. The minimum Gasteiger partial charge on any atom is -0.457 e. The summed E-state index contributed by atoms with van der Waals surface area (Å²) in [6.07, 6.45) is 2.06. The number of amidine groups is 2. The van der Waals surface area contributed by atoms with E-state index in [-0.39, 0.29) is 11.4 Å². The molecule has 0 bridgehead atoms. The van der Waals surface area contributed by atoms with Crippen molar-refractivity contribution in [3.63, 3.8) is 0 Å². The van der Waals surface area contributed by atoms with Crippen LogP contribution in [0.5, 0.6) is 0 Å². The highest BCUT2D eigenvalue weighted by Crippen LogP contribution is 2.32. The fraction of sp³-hybridized carbons (Fsp3) is 0.0435. The van der Waals surface area contributed by atoms with Crippen LogP contribution in [0, 0.1) is 5.41 Å². The van der Waals surface area contributed by atoms with Crippen LogP contribution >= 0.6 is 35.0 Å². The second-order valence-corrected chi connectivity index (χ2v) is 8.88. The SMILES string of the molecule is N=C1/C(=C/c2ccc(-c3ccccc3Cl)o2)C(=O)N=C2SC(Cc3ccc(Cl)cc3)=NN12. The molecule has 0 spiro atoms. The monoisotopic (exact) mass is 480 g/mol. The maximum absolute atomic E-state index is 12.6. The Labute approximate surface area is 197 Å². The fourth-order valence-electron chi connectivity index (χ4n) is 3.26. The number of fused-ring (bicyclic) bond motifs is 1. The van der Waals surface area contributed by atoms with Gasteiger partial charge >= 0.3 is 0 Å². The van der Waals surface area contributed by atoms with Crippen LogP contribution in [0.1, 0.15) is 11.3 Å². The van der Waals surface area contributed by atoms with Crippen LogP contribution in [-0.4, -0.2) is 27.0 Å². The zero-order chi connectivity index (χ0) is 22.2. The van der Waals surface area contributed by atoms with E-state index in [1.54, 1.807) is 18.2 Å². The van der Waals surface area contributed by atoms with E-state index >= 15 is 0 Å². The number of hydrazone groups is 1. The Hall–Kier alpha value is -3.13. The largest absolute Gasteiger partial charge is 0.457 e. The van der Waals surface area contributed by atoms with E-state index in [0.29, 0.717) is 33.2 Å². The summed E-state index contributed by atoms with van der Waals surface area (Å²) < 4.78 is 5.84. The standard InChI is InChI=1S/C23H14Cl2N4O2S/c24-14-7-5-13(6-8-14)11-20-28-29-21(26)17(22(30)27-23(29)32-20)12-15-9-10-19(31-15)16-3-1-2-4-18(16)25/h1-10,12,26H,11H2/b17-12-,26-21?. The first-order chi connectivity index (χ1) is 15.5. The molecule has 2 aliphatic rings. The van der Waals surface area contributed by atoms with Crippen molar-refractivity contribution in [3.8, 4) is 11.3 Å². The summed E-state index contributed by atoms with van der Waals surface area (Å²) in [5.74, 6) is 0.437. The van der Waals surface area contributed by atoms with E-state index in [0.717, 1.165) is 16.2 Å². The number of rotatable bonds is 4. The molecule has 3 heterocycles. The highest BCUT2D eigenvalue weighted by Gasteiger charge is 2.35. The van der Waals surface area contributed by atoms with E-state index in [4.69, 9.17) is 33.0 Å². The molecule has 1 N–H and O–H groups in total. The van der Waals surface area contributed by atoms with Crippen molar-refractivity contribution >= 4 is 63.0 Å². The second-order valence-electron chi connectivity index (χ2n) is 7.00. The third-order valence-corrected chi connectivity index (χ3v) is 6.31. The first-order valence-electron chi connectivity index (χ1n) is 9.56. The van der Waals surface area contributed by atoms with Gasteiger partial charge in [0.25, 0.3) is 5.91 Å². The Balaban J connectivity index is 1.39. The Morgan fingerprint density at radius 3 is 2.62 bits per heavy atom. The number of aliphatic imine (C=N–C) groups is 1. The van der Waals surface area contributed by atoms with Crippen LogP contribution in [0.3, 0.4) is 0 Å². The van der Waals surface area contributed by atoms with E-state index in [9.17, 15) is 4.79 Å². The molecule has 5 rings (SSSR count). The van der Waals surface area contributed by atoms with E-state index in [1.807, 2.05) is 42.5 Å². The number of benzene rings is 2. The fourth-order valence-corrected chi connectivity index (χ4v) is 4.53. The van der Waals surface area contributed by atoms with Gasteiger partial charge in [-0.15, -0.1) is 0 Å². The summed E-state index contributed by atoms with van der Waals surface area (Å²) in [6, 6.07) is 18.3. The van der Waals surface area contributed by atoms with Crippen molar-refractivity contribution < 1.29 is 9.21 Å². The van der Waals surface area contributed by atoms with Crippen molar-refractivity contribution in [3.05, 3.63) is 87.6 Å². The molecule has 9 heteroatoms. The lowest BCUT2D eigenvalue weighted by Gasteiger charge is -2.19. The van der Waals surface area contributed by atoms with E-state index < -0.39 is 5.91 Å². The van der Waals surface area contributed by atoms with Gasteiger partial charge in [-0.2, -0.15) is 15.1 Å². The maximum Gasteiger partial charge on any atom is 0.283 e. The molecule has 6 nitrogen and oxygen atoms in total. The lowest BCUT2D eigenvalue weighted by molar-refractivity contribution is -0.114. The van der Waals surface area contributed by atoms with Gasteiger partial charge < -0.3 is 4.42 Å². The van der Waals surface area contributed by atoms with Gasteiger partial charge in [0.15, 0.2) is 5.84 Å². The molecule has 0 atom stereocenters. The molecule has 2 aliphatic heterocycles. The molecule has 32 heavy (non-hydrogen) atoms. The molecule has 0 unspecified atom stereocenters. The predicted molar refractivity (Wildman–Crippen MR) is 129 cm³/mol. The Morgan fingerprint density at radius 1 is 1.06 bits per heavy atom. The average molecular weight is 481 g/mol. The summed E-state index contributed by atoms with van der Waals surface area (Å²) in [7, 11) is 0. The lowest BCUT2D eigenvalue weighted by Crippen LogP contribution is -2.35. The minimum absolute atomic E-state index is 0.0469. The van der Waals surface area contributed by atoms with Crippen LogP contribution in [0.2, 0.25) is 10.0 Å². The third kappa shape index (κ3) is 4.02. The van der Waals surface area contributed by atoms with Crippen molar-refractivity contribution in [1.82, 2.24) is 5.01 Å².